The fourth-order valence-corrected chi connectivity index (χ4v) is 3.42. The number of hydrogen-bond acceptors (Lipinski definition) is 2. The fraction of sp³-hybridized carbons (Fsp3) is 0.938. The third-order valence-corrected chi connectivity index (χ3v) is 4.62. The number of nitrogens with zero attached hydrogens (tertiary/aromatic N) is 2. The molecular formula is C16H31N3O. The summed E-state index contributed by atoms with van der Waals surface area (Å²) in [6.07, 6.45) is 8.61. The van der Waals surface area contributed by atoms with Crippen LogP contribution in [0.4, 0.5) is 4.79 Å². The van der Waals surface area contributed by atoms with Crippen molar-refractivity contribution in [3.8, 4) is 0 Å². The Bertz CT molecular complexity index is 290. The lowest BCUT2D eigenvalue weighted by atomic mass is 9.95. The molecule has 0 radical (unpaired) electrons. The maximum Gasteiger partial charge on any atom is 0.317 e. The van der Waals surface area contributed by atoms with Gasteiger partial charge in [-0.1, -0.05) is 33.1 Å². The summed E-state index contributed by atoms with van der Waals surface area (Å²) >= 11 is 0. The molecule has 1 saturated carbocycles. The van der Waals surface area contributed by atoms with Gasteiger partial charge >= 0.3 is 6.03 Å². The van der Waals surface area contributed by atoms with Gasteiger partial charge in [-0.2, -0.15) is 0 Å². The van der Waals surface area contributed by atoms with Crippen LogP contribution in [0.25, 0.3) is 0 Å². The lowest BCUT2D eigenvalue weighted by molar-refractivity contribution is 0.0549. The zero-order chi connectivity index (χ0) is 14.4. The molecule has 1 aliphatic carbocycles. The first-order chi connectivity index (χ1) is 9.74. The molecule has 2 amide bonds. The van der Waals surface area contributed by atoms with E-state index in [1.54, 1.807) is 0 Å². The topological polar surface area (TPSA) is 35.6 Å². The lowest BCUT2D eigenvalue weighted by Gasteiger charge is -2.45. The van der Waals surface area contributed by atoms with Crippen molar-refractivity contribution >= 4 is 6.03 Å². The minimum atomic E-state index is 0.168. The van der Waals surface area contributed by atoms with E-state index in [0.717, 1.165) is 26.2 Å². The summed E-state index contributed by atoms with van der Waals surface area (Å²) in [5.41, 5.74) is 0. The van der Waals surface area contributed by atoms with Gasteiger partial charge in [0, 0.05) is 25.2 Å². The van der Waals surface area contributed by atoms with Crippen molar-refractivity contribution in [1.29, 1.82) is 0 Å². The summed E-state index contributed by atoms with van der Waals surface area (Å²) in [4.78, 5) is 16.7. The van der Waals surface area contributed by atoms with Crippen molar-refractivity contribution in [2.75, 3.05) is 26.2 Å². The monoisotopic (exact) mass is 281 g/mol. The highest BCUT2D eigenvalue weighted by Gasteiger charge is 2.34. The highest BCUT2D eigenvalue weighted by atomic mass is 16.2. The number of hydrogen-bond donors (Lipinski definition) is 1. The first-order valence-electron chi connectivity index (χ1n) is 8.54. The molecule has 116 valence electrons. The summed E-state index contributed by atoms with van der Waals surface area (Å²) < 4.78 is 0. The van der Waals surface area contributed by atoms with Crippen molar-refractivity contribution in [2.45, 2.75) is 70.9 Å². The van der Waals surface area contributed by atoms with Gasteiger partial charge in [0.05, 0.1) is 0 Å². The van der Waals surface area contributed by atoms with E-state index < -0.39 is 0 Å². The summed E-state index contributed by atoms with van der Waals surface area (Å²) in [6, 6.07) is 1.19. The molecule has 1 saturated heterocycles. The number of urea groups is 1. The minimum Gasteiger partial charge on any atom is -0.335 e. The Morgan fingerprint density at radius 1 is 1.10 bits per heavy atom. The summed E-state index contributed by atoms with van der Waals surface area (Å²) in [5.74, 6) is 0. The van der Waals surface area contributed by atoms with Gasteiger partial charge in [0.2, 0.25) is 0 Å². The quantitative estimate of drug-likeness (QED) is 0.812. The Balaban J connectivity index is 1.69. The molecule has 2 fully saturated rings. The van der Waals surface area contributed by atoms with Crippen LogP contribution in [0, 0.1) is 0 Å². The average Bonchev–Trinajstić information content (AvgIpc) is 2.38. The Morgan fingerprint density at radius 2 is 1.70 bits per heavy atom. The Hall–Kier alpha value is -0.770. The number of amides is 2. The molecule has 4 heteroatoms. The summed E-state index contributed by atoms with van der Waals surface area (Å²) in [6.45, 7) is 8.62. The first kappa shape index (κ1) is 15.6. The molecule has 2 rings (SSSR count). The Morgan fingerprint density at radius 3 is 2.25 bits per heavy atom. The molecule has 2 aliphatic rings. The zero-order valence-corrected chi connectivity index (χ0v) is 13.2. The van der Waals surface area contributed by atoms with Gasteiger partial charge in [-0.15, -0.1) is 0 Å². The molecule has 0 unspecified atom stereocenters. The van der Waals surface area contributed by atoms with Crippen molar-refractivity contribution in [3.05, 3.63) is 0 Å². The minimum absolute atomic E-state index is 0.168. The van der Waals surface area contributed by atoms with Crippen molar-refractivity contribution in [3.63, 3.8) is 0 Å². The van der Waals surface area contributed by atoms with Gasteiger partial charge in [-0.3, -0.25) is 4.90 Å². The van der Waals surface area contributed by atoms with Crippen molar-refractivity contribution < 1.29 is 4.79 Å². The van der Waals surface area contributed by atoms with Gasteiger partial charge in [0.1, 0.15) is 0 Å². The SMILES string of the molecule is CCCN(CCC)C1CN(C(=O)NC2CCCCC2)C1. The zero-order valence-electron chi connectivity index (χ0n) is 13.2. The summed E-state index contributed by atoms with van der Waals surface area (Å²) in [5, 5.41) is 3.21. The normalized spacial score (nSPS) is 21.1. The lowest BCUT2D eigenvalue weighted by Crippen LogP contribution is -2.63. The van der Waals surface area contributed by atoms with Gasteiger partial charge in [0.25, 0.3) is 0 Å². The smallest absolute Gasteiger partial charge is 0.317 e. The van der Waals surface area contributed by atoms with Crippen LogP contribution in [0.3, 0.4) is 0 Å². The second-order valence-corrected chi connectivity index (χ2v) is 6.38. The van der Waals surface area contributed by atoms with E-state index in [4.69, 9.17) is 0 Å². The van der Waals surface area contributed by atoms with Crippen LogP contribution in [-0.2, 0) is 0 Å². The van der Waals surface area contributed by atoms with E-state index in [1.807, 2.05) is 4.90 Å². The molecule has 0 spiro atoms. The molecule has 0 aromatic carbocycles. The van der Waals surface area contributed by atoms with Gasteiger partial charge in [-0.05, 0) is 38.8 Å². The molecule has 0 atom stereocenters. The number of likely N-dealkylation sites (tertiary alicyclic amines) is 1. The standard InChI is InChI=1S/C16H31N3O/c1-3-10-18(11-4-2)15-12-19(13-15)16(20)17-14-8-6-5-7-9-14/h14-15H,3-13H2,1-2H3,(H,17,20). The van der Waals surface area contributed by atoms with Gasteiger partial charge < -0.3 is 10.2 Å². The van der Waals surface area contributed by atoms with E-state index in [-0.39, 0.29) is 6.03 Å². The molecule has 1 aliphatic heterocycles. The Kier molecular flexibility index (Phi) is 6.14. The average molecular weight is 281 g/mol. The molecule has 0 bridgehead atoms. The van der Waals surface area contributed by atoms with Crippen LogP contribution in [0.15, 0.2) is 0 Å². The van der Waals surface area contributed by atoms with E-state index in [9.17, 15) is 4.79 Å². The van der Waals surface area contributed by atoms with Crippen LogP contribution in [0.1, 0.15) is 58.8 Å². The maximum atomic E-state index is 12.2. The third kappa shape index (κ3) is 4.11. The van der Waals surface area contributed by atoms with Crippen LogP contribution in [-0.4, -0.2) is 54.1 Å². The largest absolute Gasteiger partial charge is 0.335 e. The van der Waals surface area contributed by atoms with Crippen molar-refractivity contribution in [2.24, 2.45) is 0 Å². The van der Waals surface area contributed by atoms with Crippen LogP contribution in [0.2, 0.25) is 0 Å². The van der Waals surface area contributed by atoms with E-state index in [0.29, 0.717) is 12.1 Å². The second kappa shape index (κ2) is 7.87. The van der Waals surface area contributed by atoms with Gasteiger partial charge in [0.15, 0.2) is 0 Å². The van der Waals surface area contributed by atoms with Gasteiger partial charge in [-0.25, -0.2) is 4.79 Å². The molecule has 1 heterocycles. The highest BCUT2D eigenvalue weighted by molar-refractivity contribution is 5.75. The number of rotatable bonds is 6. The van der Waals surface area contributed by atoms with Crippen LogP contribution in [0.5, 0.6) is 0 Å². The molecule has 0 aromatic heterocycles. The summed E-state index contributed by atoms with van der Waals surface area (Å²) in [7, 11) is 0. The first-order valence-corrected chi connectivity index (χ1v) is 8.54. The fourth-order valence-electron chi connectivity index (χ4n) is 3.42. The van der Waals surface area contributed by atoms with E-state index >= 15 is 0 Å². The molecular weight excluding hydrogens is 250 g/mol. The molecule has 0 aromatic rings. The van der Waals surface area contributed by atoms with Crippen LogP contribution < -0.4 is 5.32 Å². The van der Waals surface area contributed by atoms with E-state index in [2.05, 4.69) is 24.1 Å². The highest BCUT2D eigenvalue weighted by Crippen LogP contribution is 2.20. The second-order valence-electron chi connectivity index (χ2n) is 6.38. The molecule has 4 nitrogen and oxygen atoms in total. The Labute approximate surface area is 123 Å². The number of carbonyl (C=O) groups is 1. The van der Waals surface area contributed by atoms with Crippen molar-refractivity contribution in [1.82, 2.24) is 15.1 Å². The molecule has 1 N–H and O–H groups in total. The van der Waals surface area contributed by atoms with Crippen LogP contribution >= 0.6 is 0 Å². The molecule has 20 heavy (non-hydrogen) atoms. The number of carbonyl (C=O) groups excluding carboxylic acids is 1. The number of nitrogens with one attached hydrogen (secondary N) is 1. The maximum absolute atomic E-state index is 12.2. The third-order valence-electron chi connectivity index (χ3n) is 4.62. The predicted molar refractivity (Wildman–Crippen MR) is 82.9 cm³/mol. The predicted octanol–water partition coefficient (Wildman–Crippen LogP) is 2.83. The van der Waals surface area contributed by atoms with E-state index in [1.165, 1.54) is 44.9 Å².